The molecule has 5 N–H and O–H groups in total. The van der Waals surface area contributed by atoms with E-state index in [2.05, 4.69) is 30.9 Å². The van der Waals surface area contributed by atoms with Crippen molar-refractivity contribution in [3.63, 3.8) is 0 Å². The number of nitrogens with two attached hydrogens (primary N) is 1. The van der Waals surface area contributed by atoms with Crippen molar-refractivity contribution in [3.05, 3.63) is 35.5 Å². The molecular formula is C18H27ClN6O4. The number of rotatable bonds is 9. The first-order valence-corrected chi connectivity index (χ1v) is 8.84. The number of hydrogen-bond donors (Lipinski definition) is 4. The molecule has 0 fully saturated rings. The van der Waals surface area contributed by atoms with Crippen molar-refractivity contribution >= 4 is 30.0 Å². The third-order valence-electron chi connectivity index (χ3n) is 3.45. The molecule has 1 aromatic heterocycles. The van der Waals surface area contributed by atoms with Crippen LogP contribution in [0.1, 0.15) is 36.8 Å². The van der Waals surface area contributed by atoms with Gasteiger partial charge < -0.3 is 26.4 Å². The molecule has 0 unspecified atom stereocenters. The van der Waals surface area contributed by atoms with Gasteiger partial charge in [-0.15, -0.1) is 12.4 Å². The van der Waals surface area contributed by atoms with Crippen molar-refractivity contribution in [1.82, 2.24) is 26.3 Å². The second-order valence-corrected chi connectivity index (χ2v) is 7.16. The fraction of sp³-hybridized carbons (Fsp3) is 0.444. The van der Waals surface area contributed by atoms with Crippen LogP contribution in [0.15, 0.2) is 28.9 Å². The number of nitrogen functional groups attached to an aromatic ring is 1. The lowest BCUT2D eigenvalue weighted by atomic mass is 10.1. The third kappa shape index (κ3) is 8.79. The van der Waals surface area contributed by atoms with Crippen LogP contribution in [0, 0.1) is 0 Å². The fourth-order valence-electron chi connectivity index (χ4n) is 2.24. The number of hydrogen-bond acceptors (Lipinski definition) is 8. The maximum atomic E-state index is 11.8. The van der Waals surface area contributed by atoms with E-state index in [1.54, 1.807) is 0 Å². The highest BCUT2D eigenvalue weighted by atomic mass is 35.5. The number of aromatic nitrogens is 2. The topological polar surface area (TPSA) is 144 Å². The summed E-state index contributed by atoms with van der Waals surface area (Å²) < 4.78 is 9.85. The number of carbonyl (C=O) groups is 2. The fourth-order valence-corrected chi connectivity index (χ4v) is 2.24. The maximum absolute atomic E-state index is 11.8. The SMILES string of the molecule is CC(C)(C)NC(=O)COc1ccc(CNCCNC(=O)c2nonc2N)cc1.Cl. The predicted octanol–water partition coefficient (Wildman–Crippen LogP) is 0.887. The molecule has 0 atom stereocenters. The molecule has 2 rings (SSSR count). The summed E-state index contributed by atoms with van der Waals surface area (Å²) in [6.07, 6.45) is 0. The van der Waals surface area contributed by atoms with Gasteiger partial charge in [0.2, 0.25) is 11.5 Å². The zero-order valence-corrected chi connectivity index (χ0v) is 17.5. The van der Waals surface area contributed by atoms with E-state index in [-0.39, 0.29) is 42.0 Å². The van der Waals surface area contributed by atoms with Gasteiger partial charge in [-0.05, 0) is 48.8 Å². The highest BCUT2D eigenvalue weighted by Crippen LogP contribution is 2.12. The Morgan fingerprint density at radius 2 is 1.83 bits per heavy atom. The van der Waals surface area contributed by atoms with Gasteiger partial charge in [0.1, 0.15) is 5.75 Å². The molecule has 1 aromatic carbocycles. The van der Waals surface area contributed by atoms with Gasteiger partial charge in [0.25, 0.3) is 11.8 Å². The van der Waals surface area contributed by atoms with Gasteiger partial charge in [-0.2, -0.15) is 0 Å². The van der Waals surface area contributed by atoms with Crippen molar-refractivity contribution in [1.29, 1.82) is 0 Å². The smallest absolute Gasteiger partial charge is 0.277 e. The van der Waals surface area contributed by atoms with Gasteiger partial charge in [0, 0.05) is 25.2 Å². The van der Waals surface area contributed by atoms with Crippen LogP contribution in [-0.4, -0.2) is 47.4 Å². The second kappa shape index (κ2) is 11.2. The lowest BCUT2D eigenvalue weighted by Crippen LogP contribution is -2.43. The summed E-state index contributed by atoms with van der Waals surface area (Å²) in [7, 11) is 0. The largest absolute Gasteiger partial charge is 0.484 e. The van der Waals surface area contributed by atoms with Crippen LogP contribution < -0.4 is 26.4 Å². The minimum atomic E-state index is -0.433. The zero-order chi connectivity index (χ0) is 20.6. The Labute approximate surface area is 175 Å². The summed E-state index contributed by atoms with van der Waals surface area (Å²) in [6, 6.07) is 7.43. The molecule has 2 aromatic rings. The van der Waals surface area contributed by atoms with E-state index in [1.165, 1.54) is 0 Å². The predicted molar refractivity (Wildman–Crippen MR) is 110 cm³/mol. The summed E-state index contributed by atoms with van der Waals surface area (Å²) in [5.41, 5.74) is 6.19. The molecular weight excluding hydrogens is 400 g/mol. The summed E-state index contributed by atoms with van der Waals surface area (Å²) in [5.74, 6) is -0.0106. The van der Waals surface area contributed by atoms with E-state index in [9.17, 15) is 9.59 Å². The minimum absolute atomic E-state index is 0. The van der Waals surface area contributed by atoms with Gasteiger partial charge in [-0.3, -0.25) is 9.59 Å². The average molecular weight is 427 g/mol. The molecule has 2 amide bonds. The van der Waals surface area contributed by atoms with E-state index in [0.29, 0.717) is 25.4 Å². The number of anilines is 1. The monoisotopic (exact) mass is 426 g/mol. The van der Waals surface area contributed by atoms with Crippen molar-refractivity contribution in [2.75, 3.05) is 25.4 Å². The van der Waals surface area contributed by atoms with E-state index >= 15 is 0 Å². The molecule has 0 spiro atoms. The highest BCUT2D eigenvalue weighted by Gasteiger charge is 2.15. The van der Waals surface area contributed by atoms with E-state index in [0.717, 1.165) is 5.56 Å². The summed E-state index contributed by atoms with van der Waals surface area (Å²) in [4.78, 5) is 23.5. The molecule has 0 aliphatic carbocycles. The van der Waals surface area contributed by atoms with Crippen molar-refractivity contribution < 1.29 is 19.0 Å². The van der Waals surface area contributed by atoms with Crippen molar-refractivity contribution in [2.24, 2.45) is 0 Å². The van der Waals surface area contributed by atoms with Crippen LogP contribution in [0.2, 0.25) is 0 Å². The Morgan fingerprint density at radius 3 is 2.41 bits per heavy atom. The van der Waals surface area contributed by atoms with Crippen LogP contribution in [0.3, 0.4) is 0 Å². The second-order valence-electron chi connectivity index (χ2n) is 7.16. The van der Waals surface area contributed by atoms with Crippen LogP contribution in [0.4, 0.5) is 5.82 Å². The first-order chi connectivity index (χ1) is 13.2. The Morgan fingerprint density at radius 1 is 1.14 bits per heavy atom. The third-order valence-corrected chi connectivity index (χ3v) is 3.45. The molecule has 0 radical (unpaired) electrons. The molecule has 10 nitrogen and oxygen atoms in total. The van der Waals surface area contributed by atoms with Crippen molar-refractivity contribution in [3.8, 4) is 5.75 Å². The van der Waals surface area contributed by atoms with Gasteiger partial charge >= 0.3 is 0 Å². The molecule has 0 saturated heterocycles. The molecule has 1 heterocycles. The quantitative estimate of drug-likeness (QED) is 0.432. The van der Waals surface area contributed by atoms with Gasteiger partial charge in [0.15, 0.2) is 6.61 Å². The van der Waals surface area contributed by atoms with Gasteiger partial charge in [0.05, 0.1) is 0 Å². The summed E-state index contributed by atoms with van der Waals surface area (Å²) in [6.45, 7) is 7.29. The number of amides is 2. The molecule has 0 aliphatic heterocycles. The Bertz CT molecular complexity index is 788. The van der Waals surface area contributed by atoms with Gasteiger partial charge in [-0.1, -0.05) is 12.1 Å². The summed E-state index contributed by atoms with van der Waals surface area (Å²) in [5, 5.41) is 15.5. The molecule has 11 heteroatoms. The molecule has 160 valence electrons. The molecule has 0 aliphatic rings. The Balaban J connectivity index is 0.00000420. The minimum Gasteiger partial charge on any atom is -0.484 e. The average Bonchev–Trinajstić information content (AvgIpc) is 3.05. The summed E-state index contributed by atoms with van der Waals surface area (Å²) >= 11 is 0. The van der Waals surface area contributed by atoms with Crippen molar-refractivity contribution in [2.45, 2.75) is 32.9 Å². The van der Waals surface area contributed by atoms with E-state index < -0.39 is 5.91 Å². The number of benzene rings is 1. The lowest BCUT2D eigenvalue weighted by Gasteiger charge is -2.20. The normalized spacial score (nSPS) is 10.7. The van der Waals surface area contributed by atoms with Crippen LogP contribution in [0.25, 0.3) is 0 Å². The number of nitrogens with one attached hydrogen (secondary N) is 3. The first kappa shape index (κ1) is 24.2. The van der Waals surface area contributed by atoms with Crippen LogP contribution in [-0.2, 0) is 11.3 Å². The zero-order valence-electron chi connectivity index (χ0n) is 16.7. The molecule has 0 bridgehead atoms. The first-order valence-electron chi connectivity index (χ1n) is 8.84. The Kier molecular flexibility index (Phi) is 9.36. The van der Waals surface area contributed by atoms with Crippen LogP contribution >= 0.6 is 12.4 Å². The van der Waals surface area contributed by atoms with Gasteiger partial charge in [-0.25, -0.2) is 4.63 Å². The molecule has 29 heavy (non-hydrogen) atoms. The number of halogens is 1. The maximum Gasteiger partial charge on any atom is 0.277 e. The number of ether oxygens (including phenoxy) is 1. The Hall–Kier alpha value is -2.85. The van der Waals surface area contributed by atoms with E-state index in [4.69, 9.17) is 10.5 Å². The molecule has 0 saturated carbocycles. The lowest BCUT2D eigenvalue weighted by molar-refractivity contribution is -0.124. The van der Waals surface area contributed by atoms with E-state index in [1.807, 2.05) is 45.0 Å². The van der Waals surface area contributed by atoms with Crippen LogP contribution in [0.5, 0.6) is 5.75 Å². The number of carbonyl (C=O) groups excluding carboxylic acids is 2. The highest BCUT2D eigenvalue weighted by molar-refractivity contribution is 5.95. The standard InChI is InChI=1S/C18H26N6O4.ClH/c1-18(2,3)22-14(25)11-27-13-6-4-12(5-7-13)10-20-8-9-21-17(26)15-16(19)24-28-23-15;/h4-7,20H,8-11H2,1-3H3,(H2,19,24)(H,21,26)(H,22,25);1H. The number of nitrogens with zero attached hydrogens (tertiary/aromatic N) is 2.